The van der Waals surface area contributed by atoms with Crippen molar-refractivity contribution in [3.05, 3.63) is 47.8 Å². The van der Waals surface area contributed by atoms with Gasteiger partial charge in [-0.15, -0.1) is 0 Å². The lowest BCUT2D eigenvalue weighted by Gasteiger charge is -2.21. The van der Waals surface area contributed by atoms with E-state index < -0.39 is 0 Å². The summed E-state index contributed by atoms with van der Waals surface area (Å²) in [5, 5.41) is 0. The number of pyridine rings is 1. The Labute approximate surface area is 119 Å². The number of anilines is 1. The van der Waals surface area contributed by atoms with Crippen LogP contribution in [0.3, 0.4) is 0 Å². The average Bonchev–Trinajstić information content (AvgIpc) is 2.47. The molecule has 2 aromatic rings. The fourth-order valence-corrected chi connectivity index (χ4v) is 1.99. The molecule has 0 fully saturated rings. The molecule has 0 aliphatic rings. The Hall–Kier alpha value is -2.01. The lowest BCUT2D eigenvalue weighted by Crippen LogP contribution is -2.21. The second-order valence-corrected chi connectivity index (χ2v) is 5.10. The molecule has 0 saturated carbocycles. The van der Waals surface area contributed by atoms with E-state index in [0.717, 1.165) is 22.9 Å². The van der Waals surface area contributed by atoms with Crippen LogP contribution in [0.25, 0.3) is 0 Å². The van der Waals surface area contributed by atoms with Gasteiger partial charge in [0.25, 0.3) is 0 Å². The quantitative estimate of drug-likeness (QED) is 0.902. The molecule has 0 atom stereocenters. The van der Waals surface area contributed by atoms with Crippen LogP contribution in [-0.2, 0) is 13.1 Å². The Morgan fingerprint density at radius 3 is 2.65 bits per heavy atom. The molecule has 2 N–H and O–H groups in total. The van der Waals surface area contributed by atoms with Crippen LogP contribution in [0, 0.1) is 0 Å². The summed E-state index contributed by atoms with van der Waals surface area (Å²) >= 11 is 0. The van der Waals surface area contributed by atoms with Crippen molar-refractivity contribution in [1.29, 1.82) is 0 Å². The van der Waals surface area contributed by atoms with Gasteiger partial charge in [-0.05, 0) is 12.1 Å². The molecule has 5 nitrogen and oxygen atoms in total. The maximum atomic E-state index is 5.82. The molecule has 0 spiro atoms. The monoisotopic (exact) mass is 271 g/mol. The van der Waals surface area contributed by atoms with Crippen LogP contribution in [0.4, 0.5) is 5.69 Å². The van der Waals surface area contributed by atoms with E-state index in [4.69, 9.17) is 5.73 Å². The highest BCUT2D eigenvalue weighted by molar-refractivity contribution is 5.48. The fraction of sp³-hybridized carbons (Fsp3) is 0.400. The van der Waals surface area contributed by atoms with Gasteiger partial charge in [-0.3, -0.25) is 4.98 Å². The topological polar surface area (TPSA) is 67.9 Å². The first-order valence-electron chi connectivity index (χ1n) is 6.78. The summed E-state index contributed by atoms with van der Waals surface area (Å²) in [4.78, 5) is 15.4. The molecule has 0 saturated heterocycles. The molecule has 20 heavy (non-hydrogen) atoms. The zero-order chi connectivity index (χ0) is 14.5. The Morgan fingerprint density at radius 1 is 1.25 bits per heavy atom. The SMILES string of the molecule is CC(C)c1ncc(N(C)Cc2ccccn2)c(CN)n1. The van der Waals surface area contributed by atoms with Crippen LogP contribution in [0.15, 0.2) is 30.6 Å². The van der Waals surface area contributed by atoms with Crippen molar-refractivity contribution < 1.29 is 0 Å². The Bertz CT molecular complexity index is 553. The molecule has 0 bridgehead atoms. The maximum absolute atomic E-state index is 5.82. The van der Waals surface area contributed by atoms with Crippen LogP contribution >= 0.6 is 0 Å². The zero-order valence-electron chi connectivity index (χ0n) is 12.2. The molecular formula is C15H21N5. The lowest BCUT2D eigenvalue weighted by molar-refractivity contribution is 0.747. The van der Waals surface area contributed by atoms with Gasteiger partial charge in [0.1, 0.15) is 5.82 Å². The van der Waals surface area contributed by atoms with Gasteiger partial charge in [0.2, 0.25) is 0 Å². The largest absolute Gasteiger partial charge is 0.366 e. The summed E-state index contributed by atoms with van der Waals surface area (Å²) in [6, 6.07) is 5.90. The van der Waals surface area contributed by atoms with Gasteiger partial charge in [-0.25, -0.2) is 9.97 Å². The van der Waals surface area contributed by atoms with E-state index in [0.29, 0.717) is 19.0 Å². The standard InChI is InChI=1S/C15H21N5/c1-11(2)15-18-9-14(13(8-16)19-15)20(3)10-12-6-4-5-7-17-12/h4-7,9,11H,8,10,16H2,1-3H3. The predicted octanol–water partition coefficient (Wildman–Crippen LogP) is 2.09. The van der Waals surface area contributed by atoms with Crippen LogP contribution in [0.1, 0.15) is 37.0 Å². The molecule has 5 heteroatoms. The van der Waals surface area contributed by atoms with E-state index >= 15 is 0 Å². The van der Waals surface area contributed by atoms with E-state index in [1.807, 2.05) is 31.4 Å². The predicted molar refractivity (Wildman–Crippen MR) is 80.4 cm³/mol. The summed E-state index contributed by atoms with van der Waals surface area (Å²) < 4.78 is 0. The summed E-state index contributed by atoms with van der Waals surface area (Å²) in [5.74, 6) is 1.14. The number of nitrogens with zero attached hydrogens (tertiary/aromatic N) is 4. The Balaban J connectivity index is 2.23. The average molecular weight is 271 g/mol. The highest BCUT2D eigenvalue weighted by Gasteiger charge is 2.12. The Morgan fingerprint density at radius 2 is 2.05 bits per heavy atom. The van der Waals surface area contributed by atoms with E-state index in [1.165, 1.54) is 0 Å². The molecule has 2 aromatic heterocycles. The highest BCUT2D eigenvalue weighted by atomic mass is 15.1. The van der Waals surface area contributed by atoms with Gasteiger partial charge in [-0.1, -0.05) is 19.9 Å². The number of nitrogens with two attached hydrogens (primary N) is 1. The number of aromatic nitrogens is 3. The maximum Gasteiger partial charge on any atom is 0.131 e. The van der Waals surface area contributed by atoms with Gasteiger partial charge in [-0.2, -0.15) is 0 Å². The number of hydrogen-bond acceptors (Lipinski definition) is 5. The summed E-state index contributed by atoms with van der Waals surface area (Å²) in [6.45, 7) is 5.27. The molecule has 0 amide bonds. The third-order valence-corrected chi connectivity index (χ3v) is 3.11. The van der Waals surface area contributed by atoms with Gasteiger partial charge >= 0.3 is 0 Å². The molecule has 0 unspecified atom stereocenters. The van der Waals surface area contributed by atoms with E-state index in [-0.39, 0.29) is 0 Å². The van der Waals surface area contributed by atoms with Crippen molar-refractivity contribution >= 4 is 5.69 Å². The minimum absolute atomic E-state index is 0.301. The summed E-state index contributed by atoms with van der Waals surface area (Å²) in [6.07, 6.45) is 3.65. The van der Waals surface area contributed by atoms with Crippen molar-refractivity contribution in [2.24, 2.45) is 5.73 Å². The molecule has 0 radical (unpaired) electrons. The van der Waals surface area contributed by atoms with Crippen molar-refractivity contribution in [1.82, 2.24) is 15.0 Å². The summed E-state index contributed by atoms with van der Waals surface area (Å²) in [5.41, 5.74) is 8.66. The second-order valence-electron chi connectivity index (χ2n) is 5.10. The van der Waals surface area contributed by atoms with Crippen LogP contribution in [-0.4, -0.2) is 22.0 Å². The third kappa shape index (κ3) is 3.30. The smallest absolute Gasteiger partial charge is 0.131 e. The lowest BCUT2D eigenvalue weighted by atomic mass is 10.2. The molecule has 2 rings (SSSR count). The molecule has 0 aliphatic carbocycles. The molecular weight excluding hydrogens is 250 g/mol. The van der Waals surface area contributed by atoms with E-state index in [9.17, 15) is 0 Å². The molecule has 0 aromatic carbocycles. The molecule has 2 heterocycles. The zero-order valence-corrected chi connectivity index (χ0v) is 12.2. The molecule has 0 aliphatic heterocycles. The first-order chi connectivity index (χ1) is 9.61. The molecule has 106 valence electrons. The van der Waals surface area contributed by atoms with Gasteiger partial charge in [0.15, 0.2) is 0 Å². The minimum atomic E-state index is 0.301. The van der Waals surface area contributed by atoms with Crippen molar-refractivity contribution in [3.8, 4) is 0 Å². The van der Waals surface area contributed by atoms with Gasteiger partial charge in [0, 0.05) is 25.7 Å². The fourth-order valence-electron chi connectivity index (χ4n) is 1.99. The number of rotatable bonds is 5. The van der Waals surface area contributed by atoms with Gasteiger partial charge in [0.05, 0.1) is 29.8 Å². The van der Waals surface area contributed by atoms with Crippen LogP contribution < -0.4 is 10.6 Å². The van der Waals surface area contributed by atoms with Gasteiger partial charge < -0.3 is 10.6 Å². The Kier molecular flexibility index (Phi) is 4.63. The van der Waals surface area contributed by atoms with Crippen molar-refractivity contribution in [2.45, 2.75) is 32.9 Å². The normalized spacial score (nSPS) is 10.8. The first kappa shape index (κ1) is 14.4. The van der Waals surface area contributed by atoms with Crippen LogP contribution in [0.5, 0.6) is 0 Å². The number of hydrogen-bond donors (Lipinski definition) is 1. The highest BCUT2D eigenvalue weighted by Crippen LogP contribution is 2.20. The second kappa shape index (κ2) is 6.43. The van der Waals surface area contributed by atoms with Crippen molar-refractivity contribution in [2.75, 3.05) is 11.9 Å². The van der Waals surface area contributed by atoms with Crippen molar-refractivity contribution in [3.63, 3.8) is 0 Å². The minimum Gasteiger partial charge on any atom is -0.366 e. The van der Waals surface area contributed by atoms with Crippen LogP contribution in [0.2, 0.25) is 0 Å². The summed E-state index contributed by atoms with van der Waals surface area (Å²) in [7, 11) is 2.00. The third-order valence-electron chi connectivity index (χ3n) is 3.11. The first-order valence-corrected chi connectivity index (χ1v) is 6.78. The van der Waals surface area contributed by atoms with E-state index in [2.05, 4.69) is 33.7 Å². The van der Waals surface area contributed by atoms with E-state index in [1.54, 1.807) is 6.20 Å².